The van der Waals surface area contributed by atoms with Crippen molar-refractivity contribution in [2.75, 3.05) is 7.11 Å². The lowest BCUT2D eigenvalue weighted by molar-refractivity contribution is -0.140. The number of carbonyl (C=O) groups excluding carboxylic acids is 1. The number of aromatic amines is 1. The van der Waals surface area contributed by atoms with Crippen LogP contribution in [0.2, 0.25) is 0 Å². The third kappa shape index (κ3) is 4.12. The van der Waals surface area contributed by atoms with Crippen LogP contribution < -0.4 is 5.32 Å². The van der Waals surface area contributed by atoms with Gasteiger partial charge in [0.1, 0.15) is 0 Å². The molecule has 0 radical (unpaired) electrons. The highest BCUT2D eigenvalue weighted by Crippen LogP contribution is 2.19. The quantitative estimate of drug-likeness (QED) is 0.769. The Bertz CT molecular complexity index is 631. The van der Waals surface area contributed by atoms with Crippen molar-refractivity contribution in [3.8, 4) is 0 Å². The number of methoxy groups -OCH3 is 1. The summed E-state index contributed by atoms with van der Waals surface area (Å²) in [4.78, 5) is 14.4. The van der Waals surface area contributed by atoms with Gasteiger partial charge in [-0.3, -0.25) is 4.79 Å². The molecule has 2 N–H and O–H groups in total. The Morgan fingerprint density at radius 3 is 2.90 bits per heavy atom. The number of aromatic nitrogens is 1. The number of nitrogens with one attached hydrogen (secondary N) is 2. The van der Waals surface area contributed by atoms with Gasteiger partial charge < -0.3 is 15.0 Å². The number of fused-ring (bicyclic) bond motifs is 1. The standard InChI is InChI=1S/C17H22N2O2/c1-12(8-9-17(20)21-3)19-13(2)10-14-11-18-16-7-5-4-6-15(14)16/h4-7,11,13,18-19H,1,8-10H2,2-3H3/t13-/m0/s1. The average molecular weight is 286 g/mol. The molecule has 0 fully saturated rings. The Labute approximate surface area is 125 Å². The molecule has 0 saturated carbocycles. The molecule has 0 bridgehead atoms. The van der Waals surface area contributed by atoms with Crippen LogP contribution in [0, 0.1) is 0 Å². The van der Waals surface area contributed by atoms with Gasteiger partial charge in [0.15, 0.2) is 0 Å². The third-order valence-electron chi connectivity index (χ3n) is 3.51. The number of para-hydroxylation sites is 1. The predicted octanol–water partition coefficient (Wildman–Crippen LogP) is 3.16. The molecule has 1 atom stereocenters. The second-order valence-electron chi connectivity index (χ2n) is 5.29. The summed E-state index contributed by atoms with van der Waals surface area (Å²) in [5, 5.41) is 4.60. The number of benzene rings is 1. The van der Waals surface area contributed by atoms with E-state index in [2.05, 4.69) is 46.9 Å². The van der Waals surface area contributed by atoms with E-state index in [1.165, 1.54) is 18.1 Å². The largest absolute Gasteiger partial charge is 0.469 e. The van der Waals surface area contributed by atoms with E-state index in [-0.39, 0.29) is 12.0 Å². The van der Waals surface area contributed by atoms with Crippen molar-refractivity contribution in [1.29, 1.82) is 0 Å². The number of hydrogen-bond acceptors (Lipinski definition) is 3. The topological polar surface area (TPSA) is 54.1 Å². The summed E-state index contributed by atoms with van der Waals surface area (Å²) in [5.41, 5.74) is 3.31. The average Bonchev–Trinajstić information content (AvgIpc) is 2.88. The van der Waals surface area contributed by atoms with Crippen LogP contribution in [0.5, 0.6) is 0 Å². The van der Waals surface area contributed by atoms with Crippen LogP contribution >= 0.6 is 0 Å². The SMILES string of the molecule is C=C(CCC(=O)OC)N[C@@H](C)Cc1c[nH]c2ccccc12. The molecule has 0 spiro atoms. The normalized spacial score (nSPS) is 12.1. The van der Waals surface area contributed by atoms with Gasteiger partial charge in [0.05, 0.1) is 13.5 Å². The molecule has 0 unspecified atom stereocenters. The summed E-state index contributed by atoms with van der Waals surface area (Å²) in [6, 6.07) is 8.53. The molecule has 2 rings (SSSR count). The Morgan fingerprint density at radius 1 is 1.38 bits per heavy atom. The zero-order valence-corrected chi connectivity index (χ0v) is 12.6. The number of carbonyl (C=O) groups is 1. The van der Waals surface area contributed by atoms with Crippen LogP contribution in [0.4, 0.5) is 0 Å². The molecule has 1 aromatic carbocycles. The minimum absolute atomic E-state index is 0.206. The number of allylic oxidation sites excluding steroid dienone is 1. The van der Waals surface area contributed by atoms with E-state index < -0.39 is 0 Å². The van der Waals surface area contributed by atoms with E-state index in [1.54, 1.807) is 0 Å². The number of rotatable bonds is 7. The highest BCUT2D eigenvalue weighted by molar-refractivity contribution is 5.83. The number of esters is 1. The highest BCUT2D eigenvalue weighted by atomic mass is 16.5. The Morgan fingerprint density at radius 2 is 2.14 bits per heavy atom. The maximum absolute atomic E-state index is 11.1. The number of ether oxygens (including phenoxy) is 1. The highest BCUT2D eigenvalue weighted by Gasteiger charge is 2.09. The lowest BCUT2D eigenvalue weighted by Gasteiger charge is -2.16. The molecule has 1 aromatic heterocycles. The van der Waals surface area contributed by atoms with Gasteiger partial charge in [0, 0.05) is 28.8 Å². The summed E-state index contributed by atoms with van der Waals surface area (Å²) >= 11 is 0. The summed E-state index contributed by atoms with van der Waals surface area (Å²) < 4.78 is 4.63. The van der Waals surface area contributed by atoms with Crippen molar-refractivity contribution >= 4 is 16.9 Å². The number of H-pyrrole nitrogens is 1. The van der Waals surface area contributed by atoms with Crippen molar-refractivity contribution in [2.45, 2.75) is 32.2 Å². The Kier molecular flexibility index (Phi) is 5.04. The van der Waals surface area contributed by atoms with E-state index in [1.807, 2.05) is 12.1 Å². The van der Waals surface area contributed by atoms with Crippen molar-refractivity contribution in [3.63, 3.8) is 0 Å². The van der Waals surface area contributed by atoms with Gasteiger partial charge in [0.2, 0.25) is 0 Å². The molecule has 0 saturated heterocycles. The van der Waals surface area contributed by atoms with Crippen molar-refractivity contribution in [1.82, 2.24) is 10.3 Å². The van der Waals surface area contributed by atoms with Gasteiger partial charge in [-0.25, -0.2) is 0 Å². The number of hydrogen-bond donors (Lipinski definition) is 2. The molecule has 4 nitrogen and oxygen atoms in total. The maximum Gasteiger partial charge on any atom is 0.305 e. The van der Waals surface area contributed by atoms with Gasteiger partial charge in [-0.05, 0) is 31.4 Å². The molecule has 21 heavy (non-hydrogen) atoms. The first kappa shape index (κ1) is 15.2. The second-order valence-corrected chi connectivity index (χ2v) is 5.29. The van der Waals surface area contributed by atoms with Gasteiger partial charge in [-0.15, -0.1) is 0 Å². The first-order valence-electron chi connectivity index (χ1n) is 7.16. The van der Waals surface area contributed by atoms with Gasteiger partial charge in [-0.1, -0.05) is 24.8 Å². The molecule has 0 aliphatic rings. The summed E-state index contributed by atoms with van der Waals surface area (Å²) in [6.45, 7) is 6.08. The van der Waals surface area contributed by atoms with E-state index in [0.717, 1.165) is 17.6 Å². The fourth-order valence-electron chi connectivity index (χ4n) is 2.46. The van der Waals surface area contributed by atoms with Crippen LogP contribution in [0.1, 0.15) is 25.3 Å². The Hall–Kier alpha value is -2.23. The van der Waals surface area contributed by atoms with Crippen LogP contribution in [0.25, 0.3) is 10.9 Å². The smallest absolute Gasteiger partial charge is 0.305 e. The summed E-state index contributed by atoms with van der Waals surface area (Å²) in [7, 11) is 1.40. The summed E-state index contributed by atoms with van der Waals surface area (Å²) in [6.07, 6.45) is 3.92. The molecule has 0 amide bonds. The first-order chi connectivity index (χ1) is 10.1. The van der Waals surface area contributed by atoms with Crippen LogP contribution in [0.3, 0.4) is 0 Å². The lowest BCUT2D eigenvalue weighted by Crippen LogP contribution is -2.27. The van der Waals surface area contributed by atoms with E-state index in [4.69, 9.17) is 0 Å². The maximum atomic E-state index is 11.1. The van der Waals surface area contributed by atoms with Crippen molar-refractivity contribution in [2.24, 2.45) is 0 Å². The molecule has 1 heterocycles. The van der Waals surface area contributed by atoms with E-state index in [0.29, 0.717) is 12.8 Å². The molecule has 112 valence electrons. The van der Waals surface area contributed by atoms with E-state index >= 15 is 0 Å². The summed E-state index contributed by atoms with van der Waals surface area (Å²) in [5.74, 6) is -0.206. The van der Waals surface area contributed by atoms with Crippen LogP contribution in [-0.4, -0.2) is 24.1 Å². The third-order valence-corrected chi connectivity index (χ3v) is 3.51. The van der Waals surface area contributed by atoms with Crippen LogP contribution in [0.15, 0.2) is 42.7 Å². The zero-order valence-electron chi connectivity index (χ0n) is 12.6. The van der Waals surface area contributed by atoms with E-state index in [9.17, 15) is 4.79 Å². The monoisotopic (exact) mass is 286 g/mol. The fourth-order valence-corrected chi connectivity index (χ4v) is 2.46. The van der Waals surface area contributed by atoms with Gasteiger partial charge >= 0.3 is 5.97 Å². The minimum atomic E-state index is -0.206. The first-order valence-corrected chi connectivity index (χ1v) is 7.16. The second kappa shape index (κ2) is 6.97. The molecule has 0 aliphatic carbocycles. The lowest BCUT2D eigenvalue weighted by atomic mass is 10.1. The van der Waals surface area contributed by atoms with Crippen molar-refractivity contribution in [3.05, 3.63) is 48.3 Å². The van der Waals surface area contributed by atoms with Crippen LogP contribution in [-0.2, 0) is 16.0 Å². The molecule has 4 heteroatoms. The molecular formula is C17H22N2O2. The molecular weight excluding hydrogens is 264 g/mol. The van der Waals surface area contributed by atoms with Gasteiger partial charge in [0.25, 0.3) is 0 Å². The molecule has 2 aromatic rings. The minimum Gasteiger partial charge on any atom is -0.469 e. The zero-order chi connectivity index (χ0) is 15.2. The molecule has 0 aliphatic heterocycles. The predicted molar refractivity (Wildman–Crippen MR) is 85.0 cm³/mol. The van der Waals surface area contributed by atoms with Crippen molar-refractivity contribution < 1.29 is 9.53 Å². The fraction of sp³-hybridized carbons (Fsp3) is 0.353. The van der Waals surface area contributed by atoms with Gasteiger partial charge in [-0.2, -0.15) is 0 Å². The Balaban J connectivity index is 1.88.